The van der Waals surface area contributed by atoms with E-state index in [0.29, 0.717) is 6.54 Å². The van der Waals surface area contributed by atoms with Crippen molar-refractivity contribution in [1.29, 1.82) is 0 Å². The first-order valence-electron chi connectivity index (χ1n) is 5.54. The van der Waals surface area contributed by atoms with Crippen LogP contribution in [0, 0.1) is 27.7 Å². The number of hydrogen-bond acceptors (Lipinski definition) is 5. The van der Waals surface area contributed by atoms with E-state index >= 15 is 0 Å². The number of aryl methyl sites for hydroxylation is 4. The Morgan fingerprint density at radius 3 is 2.59 bits per heavy atom. The smallest absolute Gasteiger partial charge is 0.148 e. The molecule has 0 amide bonds. The van der Waals surface area contributed by atoms with Crippen LogP contribution >= 0.6 is 0 Å². The summed E-state index contributed by atoms with van der Waals surface area (Å²) in [7, 11) is 0. The molecule has 5 heteroatoms. The molecule has 0 spiro atoms. The van der Waals surface area contributed by atoms with Crippen molar-refractivity contribution in [2.45, 2.75) is 34.2 Å². The molecule has 0 aliphatic carbocycles. The second kappa shape index (κ2) is 4.53. The Morgan fingerprint density at radius 2 is 1.94 bits per heavy atom. The maximum Gasteiger partial charge on any atom is 0.148 e. The lowest BCUT2D eigenvalue weighted by molar-refractivity contribution is 0.392. The maximum absolute atomic E-state index is 5.11. The molecule has 2 rings (SSSR count). The zero-order valence-electron chi connectivity index (χ0n) is 10.5. The van der Waals surface area contributed by atoms with Crippen molar-refractivity contribution in [1.82, 2.24) is 15.1 Å². The second-order valence-electron chi connectivity index (χ2n) is 4.10. The van der Waals surface area contributed by atoms with Crippen LogP contribution in [-0.4, -0.2) is 15.1 Å². The maximum atomic E-state index is 5.11. The van der Waals surface area contributed by atoms with Gasteiger partial charge in [0.15, 0.2) is 0 Å². The van der Waals surface area contributed by atoms with Gasteiger partial charge in [0, 0.05) is 18.3 Å². The normalized spacial score (nSPS) is 10.6. The molecule has 17 heavy (non-hydrogen) atoms. The highest BCUT2D eigenvalue weighted by Gasteiger charge is 2.09. The molecule has 0 aliphatic heterocycles. The van der Waals surface area contributed by atoms with Gasteiger partial charge in [-0.3, -0.25) is 4.98 Å². The number of aromatic nitrogens is 3. The van der Waals surface area contributed by atoms with E-state index in [1.807, 2.05) is 27.7 Å². The van der Waals surface area contributed by atoms with Crippen LogP contribution in [0.5, 0.6) is 0 Å². The first kappa shape index (κ1) is 11.6. The van der Waals surface area contributed by atoms with E-state index in [4.69, 9.17) is 4.52 Å². The Kier molecular flexibility index (Phi) is 3.08. The fourth-order valence-electron chi connectivity index (χ4n) is 1.63. The van der Waals surface area contributed by atoms with Crippen molar-refractivity contribution in [2.24, 2.45) is 0 Å². The number of anilines is 1. The molecule has 2 heterocycles. The molecule has 0 saturated carbocycles. The number of nitrogens with one attached hydrogen (secondary N) is 1. The van der Waals surface area contributed by atoms with Crippen molar-refractivity contribution in [3.63, 3.8) is 0 Å². The fourth-order valence-corrected chi connectivity index (χ4v) is 1.63. The lowest BCUT2D eigenvalue weighted by Gasteiger charge is -2.08. The van der Waals surface area contributed by atoms with Crippen molar-refractivity contribution >= 4 is 5.82 Å². The minimum absolute atomic E-state index is 0.653. The van der Waals surface area contributed by atoms with Gasteiger partial charge in [-0.2, -0.15) is 0 Å². The van der Waals surface area contributed by atoms with E-state index in [0.717, 1.165) is 34.2 Å². The molecular weight excluding hydrogens is 216 g/mol. The SMILES string of the molecule is Cc1cnc(C)c(NCc2c(C)noc2C)n1. The third-order valence-corrected chi connectivity index (χ3v) is 2.69. The van der Waals surface area contributed by atoms with E-state index in [9.17, 15) is 0 Å². The van der Waals surface area contributed by atoms with E-state index < -0.39 is 0 Å². The van der Waals surface area contributed by atoms with Gasteiger partial charge in [0.25, 0.3) is 0 Å². The zero-order valence-corrected chi connectivity index (χ0v) is 10.5. The Hall–Kier alpha value is -1.91. The third-order valence-electron chi connectivity index (χ3n) is 2.69. The molecule has 0 bridgehead atoms. The molecule has 0 aromatic carbocycles. The average molecular weight is 232 g/mol. The van der Waals surface area contributed by atoms with E-state index in [1.165, 1.54) is 0 Å². The van der Waals surface area contributed by atoms with Gasteiger partial charge in [0.05, 0.1) is 17.1 Å². The average Bonchev–Trinajstić information content (AvgIpc) is 2.61. The third kappa shape index (κ3) is 2.43. The number of rotatable bonds is 3. The summed E-state index contributed by atoms with van der Waals surface area (Å²) in [4.78, 5) is 8.67. The molecule has 0 atom stereocenters. The summed E-state index contributed by atoms with van der Waals surface area (Å²) in [5.41, 5.74) is 3.78. The van der Waals surface area contributed by atoms with Gasteiger partial charge < -0.3 is 9.84 Å². The molecule has 2 aromatic rings. The van der Waals surface area contributed by atoms with Gasteiger partial charge in [-0.05, 0) is 27.7 Å². The second-order valence-corrected chi connectivity index (χ2v) is 4.10. The first-order chi connectivity index (χ1) is 8.08. The Labute approximate surface area is 100 Å². The molecule has 0 radical (unpaired) electrons. The summed E-state index contributed by atoms with van der Waals surface area (Å²) in [5.74, 6) is 1.65. The Morgan fingerprint density at radius 1 is 1.18 bits per heavy atom. The van der Waals surface area contributed by atoms with Crippen LogP contribution in [0.25, 0.3) is 0 Å². The minimum Gasteiger partial charge on any atom is -0.364 e. The highest BCUT2D eigenvalue weighted by Crippen LogP contribution is 2.15. The van der Waals surface area contributed by atoms with Gasteiger partial charge in [0.2, 0.25) is 0 Å². The highest BCUT2D eigenvalue weighted by atomic mass is 16.5. The van der Waals surface area contributed by atoms with E-state index in [2.05, 4.69) is 20.4 Å². The molecule has 2 aromatic heterocycles. The summed E-state index contributed by atoms with van der Waals surface area (Å²) in [6, 6.07) is 0. The molecule has 0 fully saturated rings. The van der Waals surface area contributed by atoms with Crippen molar-refractivity contribution < 1.29 is 4.52 Å². The van der Waals surface area contributed by atoms with Gasteiger partial charge in [0.1, 0.15) is 11.6 Å². The zero-order chi connectivity index (χ0) is 12.4. The quantitative estimate of drug-likeness (QED) is 0.879. The predicted octanol–water partition coefficient (Wildman–Crippen LogP) is 2.31. The largest absolute Gasteiger partial charge is 0.364 e. The topological polar surface area (TPSA) is 63.8 Å². The number of nitrogens with zero attached hydrogens (tertiary/aromatic N) is 3. The van der Waals surface area contributed by atoms with Crippen LogP contribution in [0.15, 0.2) is 10.7 Å². The van der Waals surface area contributed by atoms with Crippen LogP contribution in [0.3, 0.4) is 0 Å². The molecule has 90 valence electrons. The Balaban J connectivity index is 2.15. The van der Waals surface area contributed by atoms with Gasteiger partial charge in [-0.25, -0.2) is 4.98 Å². The standard InChI is InChI=1S/C12H16N4O/c1-7-5-13-9(3)12(15-7)14-6-11-8(2)16-17-10(11)4/h5H,6H2,1-4H3,(H,14,15). The summed E-state index contributed by atoms with van der Waals surface area (Å²) < 4.78 is 5.11. The van der Waals surface area contributed by atoms with Gasteiger partial charge >= 0.3 is 0 Å². The van der Waals surface area contributed by atoms with E-state index in [1.54, 1.807) is 6.20 Å². The van der Waals surface area contributed by atoms with Gasteiger partial charge in [-0.1, -0.05) is 5.16 Å². The molecule has 0 unspecified atom stereocenters. The monoisotopic (exact) mass is 232 g/mol. The molecule has 5 nitrogen and oxygen atoms in total. The predicted molar refractivity (Wildman–Crippen MR) is 64.8 cm³/mol. The fraction of sp³-hybridized carbons (Fsp3) is 0.417. The summed E-state index contributed by atoms with van der Waals surface area (Å²) in [6.45, 7) is 8.35. The van der Waals surface area contributed by atoms with Crippen LogP contribution in [0.2, 0.25) is 0 Å². The van der Waals surface area contributed by atoms with Crippen LogP contribution in [0.4, 0.5) is 5.82 Å². The summed E-state index contributed by atoms with van der Waals surface area (Å²) in [5, 5.41) is 7.18. The lowest BCUT2D eigenvalue weighted by atomic mass is 10.2. The summed E-state index contributed by atoms with van der Waals surface area (Å²) in [6.07, 6.45) is 1.76. The minimum atomic E-state index is 0.653. The van der Waals surface area contributed by atoms with Crippen molar-refractivity contribution in [3.05, 3.63) is 34.6 Å². The van der Waals surface area contributed by atoms with Crippen molar-refractivity contribution in [3.8, 4) is 0 Å². The molecule has 1 N–H and O–H groups in total. The Bertz CT molecular complexity index is 514. The van der Waals surface area contributed by atoms with Crippen LogP contribution < -0.4 is 5.32 Å². The van der Waals surface area contributed by atoms with Crippen LogP contribution in [0.1, 0.15) is 28.4 Å². The van der Waals surface area contributed by atoms with Crippen LogP contribution in [-0.2, 0) is 6.54 Å². The molecule has 0 saturated heterocycles. The van der Waals surface area contributed by atoms with Gasteiger partial charge in [-0.15, -0.1) is 0 Å². The van der Waals surface area contributed by atoms with E-state index in [-0.39, 0.29) is 0 Å². The lowest BCUT2D eigenvalue weighted by Crippen LogP contribution is -2.06. The summed E-state index contributed by atoms with van der Waals surface area (Å²) >= 11 is 0. The highest BCUT2D eigenvalue weighted by molar-refractivity contribution is 5.41. The molecular formula is C12H16N4O. The first-order valence-corrected chi connectivity index (χ1v) is 5.54. The molecule has 0 aliphatic rings. The number of hydrogen-bond donors (Lipinski definition) is 1. The van der Waals surface area contributed by atoms with Crippen molar-refractivity contribution in [2.75, 3.05) is 5.32 Å².